The summed E-state index contributed by atoms with van der Waals surface area (Å²) in [5, 5.41) is 129. The Hall–Kier alpha value is -1.24. The topological polar surface area (TPSA) is 298 Å². The second kappa shape index (κ2) is 19.4. The van der Waals surface area contributed by atoms with Gasteiger partial charge in [0.15, 0.2) is 18.9 Å². The van der Waals surface area contributed by atoms with E-state index < -0.39 is 141 Å². The van der Waals surface area contributed by atoms with Crippen molar-refractivity contribution in [2.45, 2.75) is 217 Å². The number of aliphatic hydroxyl groups is 12. The molecule has 0 amide bonds. The van der Waals surface area contributed by atoms with Crippen molar-refractivity contribution in [3.05, 3.63) is 23.3 Å². The first-order chi connectivity index (χ1) is 30.8. The zero-order valence-electron chi connectivity index (χ0n) is 39.8. The third-order valence-corrected chi connectivity index (χ3v) is 18.1. The maximum Gasteiger partial charge on any atom is 0.187 e. The lowest BCUT2D eigenvalue weighted by molar-refractivity contribution is -0.375. The minimum absolute atomic E-state index is 0.0347. The minimum Gasteiger partial charge on any atom is -0.394 e. The quantitative estimate of drug-likeness (QED) is 0.107. The summed E-state index contributed by atoms with van der Waals surface area (Å²) in [7, 11) is 0. The van der Waals surface area contributed by atoms with Gasteiger partial charge in [-0.2, -0.15) is 0 Å². The monoisotopic (exact) mass is 945 g/mol. The predicted octanol–water partition coefficient (Wildman–Crippen LogP) is -0.107. The molecule has 0 aromatic heterocycles. The molecule has 0 radical (unpaired) electrons. The van der Waals surface area contributed by atoms with Gasteiger partial charge in [0.25, 0.3) is 0 Å². The highest BCUT2D eigenvalue weighted by Crippen LogP contribution is 2.75. The lowest BCUT2D eigenvalue weighted by atomic mass is 9.37. The van der Waals surface area contributed by atoms with Crippen molar-refractivity contribution in [1.82, 2.24) is 0 Å². The molecule has 0 unspecified atom stereocenters. The van der Waals surface area contributed by atoms with Crippen molar-refractivity contribution in [2.24, 2.45) is 39.4 Å². The van der Waals surface area contributed by atoms with Gasteiger partial charge in [0.2, 0.25) is 0 Å². The van der Waals surface area contributed by atoms with E-state index in [9.17, 15) is 61.3 Å². The first kappa shape index (κ1) is 52.6. The lowest BCUT2D eigenvalue weighted by Crippen LogP contribution is -2.66. The highest BCUT2D eigenvalue weighted by atomic mass is 16.8. The number of fused-ring (bicyclic) bond motifs is 5. The van der Waals surface area contributed by atoms with Gasteiger partial charge in [-0.3, -0.25) is 0 Å². The van der Waals surface area contributed by atoms with Crippen LogP contribution in [0.25, 0.3) is 0 Å². The number of rotatable bonds is 13. The number of allylic oxidation sites excluding steroid dienone is 3. The highest BCUT2D eigenvalue weighted by molar-refractivity contribution is 5.34. The summed E-state index contributed by atoms with van der Waals surface area (Å²) in [5.74, 6) is -0.360. The van der Waals surface area contributed by atoms with E-state index in [4.69, 9.17) is 28.4 Å². The van der Waals surface area contributed by atoms with Crippen molar-refractivity contribution in [2.75, 3.05) is 19.8 Å². The third kappa shape index (κ3) is 8.71. The zero-order valence-corrected chi connectivity index (χ0v) is 39.8. The van der Waals surface area contributed by atoms with Crippen LogP contribution in [-0.2, 0) is 28.4 Å². The van der Waals surface area contributed by atoms with Crippen LogP contribution in [0.2, 0.25) is 0 Å². The van der Waals surface area contributed by atoms with E-state index in [1.165, 1.54) is 0 Å². The Balaban J connectivity index is 1.15. The molecule has 18 nitrogen and oxygen atoms in total. The Kier molecular flexibility index (Phi) is 15.5. The fraction of sp³-hybridized carbons (Fsp3) is 0.917. The Morgan fingerprint density at radius 1 is 0.682 bits per heavy atom. The van der Waals surface area contributed by atoms with Crippen molar-refractivity contribution in [1.29, 1.82) is 0 Å². The average molecular weight is 945 g/mol. The Morgan fingerprint density at radius 2 is 1.23 bits per heavy atom. The Bertz CT molecular complexity index is 1740. The molecular formula is C48H80O18. The minimum atomic E-state index is -1.80. The molecule has 3 aliphatic heterocycles. The molecule has 7 aliphatic rings. The van der Waals surface area contributed by atoms with E-state index >= 15 is 0 Å². The maximum absolute atomic E-state index is 12.6. The molecule has 380 valence electrons. The van der Waals surface area contributed by atoms with Crippen LogP contribution >= 0.6 is 0 Å². The van der Waals surface area contributed by atoms with Gasteiger partial charge in [-0.1, -0.05) is 57.9 Å². The molecular weight excluding hydrogens is 865 g/mol. The Morgan fingerprint density at radius 3 is 1.80 bits per heavy atom. The first-order valence-electron chi connectivity index (χ1n) is 24.1. The molecule has 3 saturated carbocycles. The van der Waals surface area contributed by atoms with Crippen LogP contribution in [0.5, 0.6) is 0 Å². The van der Waals surface area contributed by atoms with Crippen LogP contribution < -0.4 is 0 Å². The van der Waals surface area contributed by atoms with Gasteiger partial charge in [-0.05, 0) is 106 Å². The number of aliphatic hydroxyl groups excluding tert-OH is 12. The van der Waals surface area contributed by atoms with E-state index in [2.05, 4.69) is 46.8 Å². The predicted molar refractivity (Wildman–Crippen MR) is 234 cm³/mol. The second-order valence-corrected chi connectivity index (χ2v) is 22.4. The molecule has 0 aromatic carbocycles. The zero-order chi connectivity index (χ0) is 48.6. The van der Waals surface area contributed by atoms with Crippen molar-refractivity contribution < 1.29 is 89.7 Å². The molecule has 24 atom stereocenters. The van der Waals surface area contributed by atoms with E-state index in [0.29, 0.717) is 38.5 Å². The smallest absolute Gasteiger partial charge is 0.187 e. The van der Waals surface area contributed by atoms with Gasteiger partial charge in [0.05, 0.1) is 37.6 Å². The fourth-order valence-electron chi connectivity index (χ4n) is 14.1. The van der Waals surface area contributed by atoms with Gasteiger partial charge < -0.3 is 89.7 Å². The van der Waals surface area contributed by atoms with Gasteiger partial charge in [0, 0.05) is 5.41 Å². The molecule has 4 aliphatic carbocycles. The molecule has 0 aromatic rings. The molecule has 18 heteroatoms. The molecule has 7 rings (SSSR count). The molecule has 66 heavy (non-hydrogen) atoms. The summed E-state index contributed by atoms with van der Waals surface area (Å²) in [4.78, 5) is 0. The van der Waals surface area contributed by atoms with Crippen LogP contribution in [-0.4, -0.2) is 191 Å². The molecule has 3 heterocycles. The number of hydrogen-bond donors (Lipinski definition) is 12. The number of ether oxygens (including phenoxy) is 6. The summed E-state index contributed by atoms with van der Waals surface area (Å²) < 4.78 is 37.1. The Labute approximate surface area is 388 Å². The first-order valence-corrected chi connectivity index (χ1v) is 24.1. The third-order valence-electron chi connectivity index (χ3n) is 18.1. The maximum atomic E-state index is 12.6. The molecule has 12 N–H and O–H groups in total. The van der Waals surface area contributed by atoms with E-state index in [0.717, 1.165) is 24.0 Å². The SMILES string of the molecule is CC(C)=CCC[C@](C)(O[C@@H]1O[C@H](CO)[C@@H](O)[C@H](O)[C@@H]1O)[C@@H]1CC[C@]2(C)[C@@H]1[C@H](O)C[C@@H]1[C@@]3(C)CC[C@H](O[C@@H]4O[C@H](CO)[C@@H](O)[C@H](O)[C@@H]4O[C@@H]4O[C@@H](CO)[C@@H](O)[C@H](O)[C@H]4O)C(C)(C)C3=CC[C@]12C. The molecule has 0 spiro atoms. The van der Waals surface area contributed by atoms with Crippen molar-refractivity contribution >= 4 is 0 Å². The van der Waals surface area contributed by atoms with Crippen molar-refractivity contribution in [3.63, 3.8) is 0 Å². The standard InChI is InChI=1S/C48H80O18/c1-22(2)10-9-14-48(8,66-42-39(60)36(57)33(54)26(20-50)62-42)23-11-16-47(7)31(23)24(52)18-29-45(5)15-13-30(44(3,4)28(45)12-17-46(29,47)6)64-43-40(37(58)34(55)27(21-51)63-43)65-41-38(59)35(56)32(53)25(19-49)61-41/h10,12,23-27,29-43,49-60H,9,11,13-21H2,1-8H3/t23-,24-,25+,26-,27-,29-,30+,31+,32-,33-,34-,35+,36+,37+,38-,39+,40+,41+,42+,43+,45+,46-,47-,48+/m1/s1. The number of hydrogen-bond acceptors (Lipinski definition) is 18. The molecule has 6 fully saturated rings. The molecule has 3 saturated heterocycles. The average Bonchev–Trinajstić information content (AvgIpc) is 3.65. The van der Waals surface area contributed by atoms with Gasteiger partial charge in [-0.25, -0.2) is 0 Å². The molecule has 0 bridgehead atoms. The summed E-state index contributed by atoms with van der Waals surface area (Å²) in [6.45, 7) is 15.2. The second-order valence-electron chi connectivity index (χ2n) is 22.4. The summed E-state index contributed by atoms with van der Waals surface area (Å²) >= 11 is 0. The normalized spacial score (nSPS) is 51.2. The van der Waals surface area contributed by atoms with E-state index in [1.807, 2.05) is 20.8 Å². The van der Waals surface area contributed by atoms with Gasteiger partial charge >= 0.3 is 0 Å². The van der Waals surface area contributed by atoms with Crippen molar-refractivity contribution in [3.8, 4) is 0 Å². The highest BCUT2D eigenvalue weighted by Gasteiger charge is 2.71. The summed E-state index contributed by atoms with van der Waals surface area (Å²) in [6, 6.07) is 0. The van der Waals surface area contributed by atoms with Crippen LogP contribution in [0.15, 0.2) is 23.3 Å². The van der Waals surface area contributed by atoms with Crippen LogP contribution in [0, 0.1) is 39.4 Å². The fourth-order valence-corrected chi connectivity index (χ4v) is 14.1. The van der Waals surface area contributed by atoms with E-state index in [1.54, 1.807) is 0 Å². The van der Waals surface area contributed by atoms with Crippen LogP contribution in [0.1, 0.15) is 107 Å². The van der Waals surface area contributed by atoms with Crippen LogP contribution in [0.4, 0.5) is 0 Å². The summed E-state index contributed by atoms with van der Waals surface area (Å²) in [5.41, 5.74) is -0.390. The lowest BCUT2D eigenvalue weighted by Gasteiger charge is -2.68. The summed E-state index contributed by atoms with van der Waals surface area (Å²) in [6.07, 6.45) is -14.6. The van der Waals surface area contributed by atoms with Gasteiger partial charge in [0.1, 0.15) is 73.2 Å². The van der Waals surface area contributed by atoms with Crippen LogP contribution in [0.3, 0.4) is 0 Å². The van der Waals surface area contributed by atoms with Gasteiger partial charge in [-0.15, -0.1) is 0 Å². The largest absolute Gasteiger partial charge is 0.394 e. The van der Waals surface area contributed by atoms with E-state index in [-0.39, 0.29) is 28.6 Å².